The van der Waals surface area contributed by atoms with Crippen molar-refractivity contribution < 1.29 is 4.74 Å². The summed E-state index contributed by atoms with van der Waals surface area (Å²) < 4.78 is 7.72. The van der Waals surface area contributed by atoms with Crippen molar-refractivity contribution in [2.24, 2.45) is 18.4 Å². The number of hydrogen-bond donors (Lipinski definition) is 1. The minimum absolute atomic E-state index is 0. The minimum atomic E-state index is 0. The van der Waals surface area contributed by atoms with Crippen LogP contribution in [0.4, 0.5) is 0 Å². The maximum Gasteiger partial charge on any atom is 0.122 e. The Labute approximate surface area is 151 Å². The highest BCUT2D eigenvalue weighted by molar-refractivity contribution is 5.85. The SMILES string of the molecule is Cl.Cn1ccnc1CN(CC1CCOCC1)C1CC12CCNCC2. The van der Waals surface area contributed by atoms with E-state index in [1.165, 1.54) is 57.6 Å². The van der Waals surface area contributed by atoms with Crippen LogP contribution in [0.2, 0.25) is 0 Å². The van der Waals surface area contributed by atoms with Crippen LogP contribution in [0.1, 0.15) is 37.9 Å². The third-order valence-electron chi connectivity index (χ3n) is 6.29. The maximum absolute atomic E-state index is 5.55. The van der Waals surface area contributed by atoms with Crippen molar-refractivity contribution in [1.82, 2.24) is 19.8 Å². The molecule has 1 N–H and O–H groups in total. The molecule has 2 aliphatic heterocycles. The lowest BCUT2D eigenvalue weighted by Crippen LogP contribution is -2.39. The average Bonchev–Trinajstić information content (AvgIpc) is 3.11. The Balaban J connectivity index is 0.00000169. The van der Waals surface area contributed by atoms with E-state index in [1.807, 2.05) is 6.20 Å². The zero-order valence-electron chi connectivity index (χ0n) is 14.7. The minimum Gasteiger partial charge on any atom is -0.381 e. The van der Waals surface area contributed by atoms with Gasteiger partial charge < -0.3 is 14.6 Å². The first-order valence-electron chi connectivity index (χ1n) is 9.26. The molecule has 5 nitrogen and oxygen atoms in total. The Morgan fingerprint density at radius 3 is 2.75 bits per heavy atom. The van der Waals surface area contributed by atoms with Gasteiger partial charge in [-0.1, -0.05) is 0 Å². The maximum atomic E-state index is 5.55. The van der Waals surface area contributed by atoms with E-state index in [9.17, 15) is 0 Å². The van der Waals surface area contributed by atoms with E-state index in [0.717, 1.165) is 31.7 Å². The predicted molar refractivity (Wildman–Crippen MR) is 97.4 cm³/mol. The molecular weight excluding hydrogens is 324 g/mol. The number of imidazole rings is 1. The number of ether oxygens (including phenoxy) is 1. The van der Waals surface area contributed by atoms with Gasteiger partial charge in [0.2, 0.25) is 0 Å². The fourth-order valence-corrected chi connectivity index (χ4v) is 4.60. The van der Waals surface area contributed by atoms with E-state index >= 15 is 0 Å². The number of hydrogen-bond acceptors (Lipinski definition) is 4. The Hall–Kier alpha value is -0.620. The Morgan fingerprint density at radius 2 is 2.08 bits per heavy atom. The summed E-state index contributed by atoms with van der Waals surface area (Å²) in [7, 11) is 2.11. The summed E-state index contributed by atoms with van der Waals surface area (Å²) in [6.45, 7) is 6.51. The molecule has 0 radical (unpaired) electrons. The van der Waals surface area contributed by atoms with Gasteiger partial charge in [0.05, 0.1) is 6.54 Å². The van der Waals surface area contributed by atoms with Crippen LogP contribution in [0.25, 0.3) is 0 Å². The third-order valence-corrected chi connectivity index (χ3v) is 6.29. The Kier molecular flexibility index (Phi) is 5.85. The zero-order chi connectivity index (χ0) is 15.7. The van der Waals surface area contributed by atoms with Gasteiger partial charge in [0, 0.05) is 45.2 Å². The smallest absolute Gasteiger partial charge is 0.122 e. The van der Waals surface area contributed by atoms with Gasteiger partial charge in [-0.25, -0.2) is 4.98 Å². The largest absolute Gasteiger partial charge is 0.381 e. The Morgan fingerprint density at radius 1 is 1.33 bits per heavy atom. The van der Waals surface area contributed by atoms with Gasteiger partial charge in [-0.2, -0.15) is 0 Å². The summed E-state index contributed by atoms with van der Waals surface area (Å²) in [4.78, 5) is 7.33. The summed E-state index contributed by atoms with van der Waals surface area (Å²) >= 11 is 0. The number of halogens is 1. The molecule has 1 aromatic heterocycles. The lowest BCUT2D eigenvalue weighted by Gasteiger charge is -2.33. The summed E-state index contributed by atoms with van der Waals surface area (Å²) in [6, 6.07) is 0.768. The van der Waals surface area contributed by atoms with Gasteiger partial charge in [0.1, 0.15) is 5.82 Å². The van der Waals surface area contributed by atoms with Crippen LogP contribution in [0.3, 0.4) is 0 Å². The molecule has 2 saturated heterocycles. The van der Waals surface area contributed by atoms with E-state index in [4.69, 9.17) is 4.74 Å². The fraction of sp³-hybridized carbons (Fsp3) is 0.833. The molecule has 3 heterocycles. The number of aryl methyl sites for hydroxylation is 1. The van der Waals surface area contributed by atoms with Crippen LogP contribution in [0.5, 0.6) is 0 Å². The van der Waals surface area contributed by atoms with Crippen LogP contribution in [-0.2, 0) is 18.3 Å². The molecular formula is C18H31ClN4O. The lowest BCUT2D eigenvalue weighted by atomic mass is 9.93. The quantitative estimate of drug-likeness (QED) is 0.880. The number of rotatable bonds is 5. The molecule has 136 valence electrons. The molecule has 0 amide bonds. The standard InChI is InChI=1S/C18H30N4O.ClH/c1-21-9-8-20-17(21)14-22(13-15-2-10-23-11-3-15)16-12-18(16)4-6-19-7-5-18;/h8-9,15-16,19H,2-7,10-14H2,1H3;1H. The van der Waals surface area contributed by atoms with Crippen molar-refractivity contribution in [3.05, 3.63) is 18.2 Å². The van der Waals surface area contributed by atoms with Crippen molar-refractivity contribution in [3.8, 4) is 0 Å². The second-order valence-electron chi connectivity index (χ2n) is 7.77. The summed E-state index contributed by atoms with van der Waals surface area (Å²) in [5, 5.41) is 3.52. The van der Waals surface area contributed by atoms with Gasteiger partial charge in [-0.05, 0) is 56.5 Å². The number of nitrogens with zero attached hydrogens (tertiary/aromatic N) is 3. The molecule has 3 aliphatic rings. The number of aromatic nitrogens is 2. The monoisotopic (exact) mass is 354 g/mol. The molecule has 0 aromatic carbocycles. The first kappa shape index (κ1) is 18.2. The van der Waals surface area contributed by atoms with Crippen LogP contribution < -0.4 is 5.32 Å². The first-order chi connectivity index (χ1) is 11.3. The van der Waals surface area contributed by atoms with Gasteiger partial charge in [0.25, 0.3) is 0 Å². The molecule has 1 saturated carbocycles. The number of nitrogens with one attached hydrogen (secondary N) is 1. The van der Waals surface area contributed by atoms with Gasteiger partial charge >= 0.3 is 0 Å². The molecule has 0 bridgehead atoms. The predicted octanol–water partition coefficient (Wildman–Crippen LogP) is 2.21. The van der Waals surface area contributed by atoms with Crippen LogP contribution >= 0.6 is 12.4 Å². The van der Waals surface area contributed by atoms with Crippen LogP contribution in [0, 0.1) is 11.3 Å². The molecule has 1 unspecified atom stereocenters. The molecule has 4 rings (SSSR count). The first-order valence-corrected chi connectivity index (χ1v) is 9.26. The van der Waals surface area contributed by atoms with Crippen molar-refractivity contribution in [2.45, 2.75) is 44.7 Å². The second-order valence-corrected chi connectivity index (χ2v) is 7.77. The van der Waals surface area contributed by atoms with Crippen molar-refractivity contribution in [1.29, 1.82) is 0 Å². The van der Waals surface area contributed by atoms with E-state index in [2.05, 4.69) is 33.0 Å². The topological polar surface area (TPSA) is 42.3 Å². The van der Waals surface area contributed by atoms with Crippen LogP contribution in [-0.4, -0.2) is 53.3 Å². The molecule has 6 heteroatoms. The summed E-state index contributed by atoms with van der Waals surface area (Å²) in [6.07, 6.45) is 10.5. The summed E-state index contributed by atoms with van der Waals surface area (Å²) in [5.74, 6) is 2.00. The van der Waals surface area contributed by atoms with E-state index in [0.29, 0.717) is 5.41 Å². The molecule has 1 aliphatic carbocycles. The van der Waals surface area contributed by atoms with Crippen molar-refractivity contribution in [3.63, 3.8) is 0 Å². The molecule has 1 aromatic rings. The van der Waals surface area contributed by atoms with E-state index in [1.54, 1.807) is 0 Å². The van der Waals surface area contributed by atoms with Crippen LogP contribution in [0.15, 0.2) is 12.4 Å². The highest BCUT2D eigenvalue weighted by Gasteiger charge is 2.56. The molecule has 3 fully saturated rings. The van der Waals surface area contributed by atoms with E-state index in [-0.39, 0.29) is 12.4 Å². The molecule has 24 heavy (non-hydrogen) atoms. The third kappa shape index (κ3) is 3.79. The van der Waals surface area contributed by atoms with Gasteiger partial charge in [-0.3, -0.25) is 4.90 Å². The number of piperidine rings is 1. The van der Waals surface area contributed by atoms with E-state index < -0.39 is 0 Å². The van der Waals surface area contributed by atoms with Gasteiger partial charge in [0.15, 0.2) is 0 Å². The zero-order valence-corrected chi connectivity index (χ0v) is 15.6. The van der Waals surface area contributed by atoms with Crippen molar-refractivity contribution >= 4 is 12.4 Å². The second kappa shape index (κ2) is 7.73. The van der Waals surface area contributed by atoms with Crippen molar-refractivity contribution in [2.75, 3.05) is 32.8 Å². The average molecular weight is 355 g/mol. The molecule has 1 spiro atoms. The Bertz CT molecular complexity index is 523. The highest BCUT2D eigenvalue weighted by atomic mass is 35.5. The summed E-state index contributed by atoms with van der Waals surface area (Å²) in [5.41, 5.74) is 0.599. The lowest BCUT2D eigenvalue weighted by molar-refractivity contribution is 0.0462. The highest BCUT2D eigenvalue weighted by Crippen LogP contribution is 2.56. The fourth-order valence-electron chi connectivity index (χ4n) is 4.60. The van der Waals surface area contributed by atoms with Gasteiger partial charge in [-0.15, -0.1) is 12.4 Å². The normalized spacial score (nSPS) is 26.5. The molecule has 1 atom stereocenters.